The van der Waals surface area contributed by atoms with Gasteiger partial charge in [0.1, 0.15) is 0 Å². The van der Waals surface area contributed by atoms with E-state index in [4.69, 9.17) is 0 Å². The van der Waals surface area contributed by atoms with Crippen LogP contribution >= 0.6 is 0 Å². The minimum absolute atomic E-state index is 0.324. The van der Waals surface area contributed by atoms with E-state index in [1.807, 2.05) is 24.3 Å². The number of rotatable bonds is 8. The molecule has 2 aromatic carbocycles. The molecule has 0 radical (unpaired) electrons. The summed E-state index contributed by atoms with van der Waals surface area (Å²) in [5, 5.41) is 3.47. The topological polar surface area (TPSA) is 58.2 Å². The van der Waals surface area contributed by atoms with Crippen molar-refractivity contribution in [1.82, 2.24) is 4.72 Å². The van der Waals surface area contributed by atoms with E-state index in [-0.39, 0.29) is 0 Å². The van der Waals surface area contributed by atoms with Gasteiger partial charge < -0.3 is 5.32 Å². The van der Waals surface area contributed by atoms with Crippen molar-refractivity contribution in [2.24, 2.45) is 5.92 Å². The molecule has 0 atom stereocenters. The summed E-state index contributed by atoms with van der Waals surface area (Å²) in [5.74, 6) is 0.712. The van der Waals surface area contributed by atoms with E-state index >= 15 is 0 Å². The van der Waals surface area contributed by atoms with Crippen LogP contribution in [-0.4, -0.2) is 15.0 Å². The molecule has 0 bridgehead atoms. The summed E-state index contributed by atoms with van der Waals surface area (Å²) in [6, 6.07) is 15.7. The molecule has 2 aromatic rings. The molecular weight excluding hydrogens is 344 g/mol. The zero-order valence-electron chi connectivity index (χ0n) is 15.4. The molecule has 1 aliphatic rings. The molecule has 0 saturated heterocycles. The molecule has 0 aromatic heterocycles. The van der Waals surface area contributed by atoms with Gasteiger partial charge in [-0.25, -0.2) is 13.1 Å². The van der Waals surface area contributed by atoms with Crippen LogP contribution in [0.15, 0.2) is 53.4 Å². The Kier molecular flexibility index (Phi) is 6.33. The number of hydrogen-bond donors (Lipinski definition) is 2. The number of benzene rings is 2. The first kappa shape index (κ1) is 18.9. The molecule has 3 rings (SSSR count). The minimum Gasteiger partial charge on any atom is -0.381 e. The van der Waals surface area contributed by atoms with Crippen molar-refractivity contribution >= 4 is 15.7 Å². The van der Waals surface area contributed by atoms with Gasteiger partial charge in [-0.05, 0) is 35.6 Å². The summed E-state index contributed by atoms with van der Waals surface area (Å²) in [6.07, 6.45) is 6.18. The van der Waals surface area contributed by atoms with E-state index in [0.717, 1.165) is 12.1 Å². The second-order valence-electron chi connectivity index (χ2n) is 7.01. The average Bonchev–Trinajstić information content (AvgIpc) is 3.14. The second-order valence-corrected chi connectivity index (χ2v) is 8.78. The highest BCUT2D eigenvalue weighted by molar-refractivity contribution is 7.89. The number of sulfonamides is 1. The summed E-state index contributed by atoms with van der Waals surface area (Å²) in [5.41, 5.74) is 3.32. The summed E-state index contributed by atoms with van der Waals surface area (Å²) in [6.45, 7) is 2.86. The molecule has 0 aliphatic heterocycles. The number of anilines is 1. The molecule has 26 heavy (non-hydrogen) atoms. The third-order valence-electron chi connectivity index (χ3n) is 5.04. The lowest BCUT2D eigenvalue weighted by Gasteiger charge is -2.17. The number of hydrogen-bond acceptors (Lipinski definition) is 3. The lowest BCUT2D eigenvalue weighted by Crippen LogP contribution is -2.23. The van der Waals surface area contributed by atoms with Crippen LogP contribution in [0.5, 0.6) is 0 Å². The first-order valence-electron chi connectivity index (χ1n) is 9.49. The molecule has 1 aliphatic carbocycles. The van der Waals surface area contributed by atoms with E-state index in [0.29, 0.717) is 23.9 Å². The van der Waals surface area contributed by atoms with E-state index in [1.165, 1.54) is 36.8 Å². The van der Waals surface area contributed by atoms with Gasteiger partial charge in [0, 0.05) is 18.8 Å². The molecule has 0 heterocycles. The molecule has 2 N–H and O–H groups in total. The molecule has 0 spiro atoms. The van der Waals surface area contributed by atoms with Crippen LogP contribution in [0.1, 0.15) is 43.7 Å². The van der Waals surface area contributed by atoms with Crippen molar-refractivity contribution in [3.05, 3.63) is 59.7 Å². The van der Waals surface area contributed by atoms with Crippen LogP contribution in [0.2, 0.25) is 0 Å². The normalized spacial score (nSPS) is 15.3. The summed E-state index contributed by atoms with van der Waals surface area (Å²) in [7, 11) is -3.45. The Hall–Kier alpha value is -1.85. The van der Waals surface area contributed by atoms with Crippen LogP contribution in [0, 0.1) is 5.92 Å². The van der Waals surface area contributed by atoms with Gasteiger partial charge in [0.15, 0.2) is 0 Å². The van der Waals surface area contributed by atoms with Crippen molar-refractivity contribution in [2.45, 2.75) is 50.5 Å². The molecule has 140 valence electrons. The molecule has 4 nitrogen and oxygen atoms in total. The van der Waals surface area contributed by atoms with E-state index in [1.54, 1.807) is 19.1 Å². The first-order valence-corrected chi connectivity index (χ1v) is 11.0. The van der Waals surface area contributed by atoms with E-state index in [9.17, 15) is 8.42 Å². The van der Waals surface area contributed by atoms with Crippen molar-refractivity contribution < 1.29 is 8.42 Å². The fraction of sp³-hybridized carbons (Fsp3) is 0.429. The van der Waals surface area contributed by atoms with Crippen LogP contribution in [0.4, 0.5) is 5.69 Å². The van der Waals surface area contributed by atoms with Gasteiger partial charge in [0.2, 0.25) is 10.0 Å². The Bertz CT molecular complexity index is 813. The fourth-order valence-electron chi connectivity index (χ4n) is 3.66. The second kappa shape index (κ2) is 8.69. The molecule has 0 amide bonds. The van der Waals surface area contributed by atoms with Crippen LogP contribution in [0.25, 0.3) is 0 Å². The minimum atomic E-state index is -3.45. The maximum Gasteiger partial charge on any atom is 0.240 e. The third kappa shape index (κ3) is 4.86. The zero-order valence-corrected chi connectivity index (χ0v) is 16.2. The van der Waals surface area contributed by atoms with Crippen molar-refractivity contribution in [3.8, 4) is 0 Å². The predicted octanol–water partition coefficient (Wildman–Crippen LogP) is 4.33. The van der Waals surface area contributed by atoms with Crippen molar-refractivity contribution in [3.63, 3.8) is 0 Å². The smallest absolute Gasteiger partial charge is 0.240 e. The summed E-state index contributed by atoms with van der Waals surface area (Å²) in [4.78, 5) is 0.324. The monoisotopic (exact) mass is 372 g/mol. The Labute approximate surface area is 157 Å². The van der Waals surface area contributed by atoms with Gasteiger partial charge in [-0.15, -0.1) is 0 Å². The first-order chi connectivity index (χ1) is 12.6. The van der Waals surface area contributed by atoms with Gasteiger partial charge in [0.05, 0.1) is 4.90 Å². The van der Waals surface area contributed by atoms with Crippen LogP contribution < -0.4 is 10.0 Å². The van der Waals surface area contributed by atoms with Gasteiger partial charge in [-0.3, -0.25) is 0 Å². The average molecular weight is 373 g/mol. The summed E-state index contributed by atoms with van der Waals surface area (Å²) < 4.78 is 27.3. The van der Waals surface area contributed by atoms with Crippen LogP contribution in [-0.2, 0) is 23.0 Å². The Balaban J connectivity index is 1.85. The van der Waals surface area contributed by atoms with Gasteiger partial charge >= 0.3 is 0 Å². The maximum atomic E-state index is 12.4. The maximum absolute atomic E-state index is 12.4. The molecule has 5 heteroatoms. The Morgan fingerprint density at radius 2 is 1.77 bits per heavy atom. The van der Waals surface area contributed by atoms with E-state index in [2.05, 4.69) is 22.2 Å². The fourth-order valence-corrected chi connectivity index (χ4v) is 4.72. The number of nitrogens with one attached hydrogen (secondary N) is 2. The zero-order chi connectivity index (χ0) is 18.4. The highest BCUT2D eigenvalue weighted by Crippen LogP contribution is 2.31. The van der Waals surface area contributed by atoms with Crippen molar-refractivity contribution in [2.75, 3.05) is 11.9 Å². The molecule has 0 unspecified atom stereocenters. The van der Waals surface area contributed by atoms with Gasteiger partial charge in [-0.2, -0.15) is 0 Å². The lowest BCUT2D eigenvalue weighted by atomic mass is 9.96. The molecular formula is C21H28N2O2S. The highest BCUT2D eigenvalue weighted by atomic mass is 32.2. The standard InChI is InChI=1S/C21H28N2O2S/c1-2-23-26(24,25)20-13-12-19(14-17-8-6-7-9-17)21(15-20)22-16-18-10-4-3-5-11-18/h3-5,10-13,15,17,22-23H,2,6-9,14,16H2,1H3. The SMILES string of the molecule is CCNS(=O)(=O)c1ccc(CC2CCCC2)c(NCc2ccccc2)c1. The van der Waals surface area contributed by atoms with Gasteiger partial charge in [-0.1, -0.05) is 69.0 Å². The quantitative estimate of drug-likeness (QED) is 0.725. The van der Waals surface area contributed by atoms with Crippen molar-refractivity contribution in [1.29, 1.82) is 0 Å². The lowest BCUT2D eigenvalue weighted by molar-refractivity contribution is 0.546. The highest BCUT2D eigenvalue weighted by Gasteiger charge is 2.19. The summed E-state index contributed by atoms with van der Waals surface area (Å²) >= 11 is 0. The predicted molar refractivity (Wildman–Crippen MR) is 107 cm³/mol. The van der Waals surface area contributed by atoms with Gasteiger partial charge in [0.25, 0.3) is 0 Å². The molecule has 1 saturated carbocycles. The largest absolute Gasteiger partial charge is 0.381 e. The third-order valence-corrected chi connectivity index (χ3v) is 6.58. The van der Waals surface area contributed by atoms with Crippen LogP contribution in [0.3, 0.4) is 0 Å². The Morgan fingerprint density at radius 1 is 1.04 bits per heavy atom. The van der Waals surface area contributed by atoms with E-state index < -0.39 is 10.0 Å². The Morgan fingerprint density at radius 3 is 2.46 bits per heavy atom. The molecule has 1 fully saturated rings.